The Hall–Kier alpha value is -4.57. The highest BCUT2D eigenvalue weighted by molar-refractivity contribution is 7.10. The number of aromatic nitrogens is 3. The van der Waals surface area contributed by atoms with Gasteiger partial charge in [0.25, 0.3) is 5.91 Å². The van der Waals surface area contributed by atoms with Crippen molar-refractivity contribution in [3.8, 4) is 22.5 Å². The lowest BCUT2D eigenvalue weighted by molar-refractivity contribution is -0.164. The third-order valence-corrected chi connectivity index (χ3v) is 17.4. The zero-order valence-corrected chi connectivity index (χ0v) is 44.8. The van der Waals surface area contributed by atoms with Crippen molar-refractivity contribution in [1.29, 1.82) is 0 Å². The normalized spacial score (nSPS) is 27.1. The summed E-state index contributed by atoms with van der Waals surface area (Å²) in [7, 11) is 3.43. The van der Waals surface area contributed by atoms with Gasteiger partial charge in [-0.1, -0.05) is 26.8 Å². The molecule has 18 nitrogen and oxygen atoms in total. The Morgan fingerprint density at radius 1 is 1.00 bits per heavy atom. The van der Waals surface area contributed by atoms with E-state index < -0.39 is 35.6 Å². The third kappa shape index (κ3) is 10.6. The second-order valence-corrected chi connectivity index (χ2v) is 23.3. The minimum absolute atomic E-state index is 0.00487. The summed E-state index contributed by atoms with van der Waals surface area (Å²) in [5.74, 6) is -1.12. The minimum atomic E-state index is -1.06. The van der Waals surface area contributed by atoms with Crippen LogP contribution in [0.4, 0.5) is 5.69 Å². The number of anilines is 1. The molecule has 2 N–H and O–H groups in total. The van der Waals surface area contributed by atoms with Crippen molar-refractivity contribution in [2.75, 3.05) is 98.0 Å². The molecule has 19 heteroatoms. The second-order valence-electron chi connectivity index (χ2n) is 22.5. The SMILES string of the molecule is COC1CN([C@@H]2c3nc(cs3)-c3ccc4c(c3)c(c(-c3cc(N5CCN(C6CC6)CC5)cnc3[C@H](C)OC)n4CCOC3CCOCC3)CC(C)(C)COC(=O)C3CCCN(N3)C(=O)[C@H]2NC(=O)[C@H]2OC[C@@H]2C)C1. The van der Waals surface area contributed by atoms with Crippen LogP contribution in [-0.2, 0) is 55.8 Å². The average Bonchev–Trinajstić information content (AvgIpc) is 4.07. The lowest BCUT2D eigenvalue weighted by Crippen LogP contribution is -2.66. The number of cyclic esters (lactones) is 1. The van der Waals surface area contributed by atoms with Crippen LogP contribution in [0.1, 0.15) is 94.6 Å². The first-order valence-electron chi connectivity index (χ1n) is 27.1. The van der Waals surface area contributed by atoms with E-state index in [2.05, 4.69) is 80.4 Å². The van der Waals surface area contributed by atoms with E-state index in [1.807, 2.05) is 13.1 Å². The zero-order chi connectivity index (χ0) is 51.3. The van der Waals surface area contributed by atoms with Crippen LogP contribution >= 0.6 is 11.3 Å². The number of hydrogen-bond acceptors (Lipinski definition) is 16. The summed E-state index contributed by atoms with van der Waals surface area (Å²) in [6.07, 6.45) is 7.05. The van der Waals surface area contributed by atoms with Gasteiger partial charge < -0.3 is 43.2 Å². The van der Waals surface area contributed by atoms with Crippen molar-refractivity contribution in [2.24, 2.45) is 11.3 Å². The van der Waals surface area contributed by atoms with Crippen LogP contribution < -0.4 is 15.6 Å². The maximum absolute atomic E-state index is 15.1. The Balaban J connectivity index is 1.06. The Morgan fingerprint density at radius 3 is 2.51 bits per heavy atom. The average molecular weight is 1040 g/mol. The Morgan fingerprint density at radius 2 is 1.80 bits per heavy atom. The molecule has 9 heterocycles. The topological polar surface area (TPSA) is 174 Å². The number of fused-ring (bicyclic) bond motifs is 6. The number of amides is 2. The first kappa shape index (κ1) is 51.5. The molecule has 7 aliphatic rings. The Kier molecular flexibility index (Phi) is 15.2. The monoisotopic (exact) mass is 1040 g/mol. The highest BCUT2D eigenvalue weighted by atomic mass is 32.1. The summed E-state index contributed by atoms with van der Waals surface area (Å²) < 4.78 is 38.7. The molecule has 5 saturated heterocycles. The van der Waals surface area contributed by atoms with Gasteiger partial charge in [0.15, 0.2) is 0 Å². The lowest BCUT2D eigenvalue weighted by atomic mass is 9.84. The van der Waals surface area contributed by atoms with Gasteiger partial charge in [0, 0.05) is 125 Å². The third-order valence-electron chi connectivity index (χ3n) is 16.5. The van der Waals surface area contributed by atoms with Crippen LogP contribution in [0.25, 0.3) is 33.4 Å². The number of carbonyl (C=O) groups excluding carboxylic acids is 3. The van der Waals surface area contributed by atoms with Crippen molar-refractivity contribution in [1.82, 2.24) is 40.1 Å². The molecule has 400 valence electrons. The molecule has 1 unspecified atom stereocenters. The van der Waals surface area contributed by atoms with E-state index >= 15 is 4.79 Å². The van der Waals surface area contributed by atoms with Crippen LogP contribution in [0.2, 0.25) is 0 Å². The van der Waals surface area contributed by atoms with Crippen LogP contribution in [0.5, 0.6) is 0 Å². The number of ether oxygens (including phenoxy) is 6. The minimum Gasteiger partial charge on any atom is -0.464 e. The molecule has 1 saturated carbocycles. The van der Waals surface area contributed by atoms with Gasteiger partial charge in [-0.05, 0) is 75.6 Å². The molecule has 2 amide bonds. The first-order valence-corrected chi connectivity index (χ1v) is 28.0. The van der Waals surface area contributed by atoms with E-state index in [0.717, 1.165) is 95.4 Å². The number of likely N-dealkylation sites (tertiary alicyclic amines) is 1. The zero-order valence-electron chi connectivity index (χ0n) is 44.0. The molecule has 1 aromatic carbocycles. The van der Waals surface area contributed by atoms with Crippen molar-refractivity contribution in [3.63, 3.8) is 0 Å². The molecule has 3 aromatic heterocycles. The molecule has 6 bridgehead atoms. The first-order chi connectivity index (χ1) is 35.9. The van der Waals surface area contributed by atoms with Crippen molar-refractivity contribution >= 4 is 45.7 Å². The quantitative estimate of drug-likeness (QED) is 0.160. The van der Waals surface area contributed by atoms with Gasteiger partial charge in [0.2, 0.25) is 5.91 Å². The number of esters is 1. The van der Waals surface area contributed by atoms with Gasteiger partial charge >= 0.3 is 5.97 Å². The second kappa shape index (κ2) is 21.8. The largest absolute Gasteiger partial charge is 0.464 e. The molecular formula is C55H75N9O9S. The number of thiazole rings is 1. The molecule has 11 rings (SSSR count). The lowest BCUT2D eigenvalue weighted by Gasteiger charge is -2.46. The van der Waals surface area contributed by atoms with E-state index in [9.17, 15) is 9.59 Å². The number of rotatable bonds is 13. The highest BCUT2D eigenvalue weighted by Crippen LogP contribution is 2.44. The number of nitrogens with zero attached hydrogens (tertiary/aromatic N) is 7. The van der Waals surface area contributed by atoms with E-state index in [1.54, 1.807) is 14.2 Å². The fraction of sp³-hybridized carbons (Fsp3) is 0.655. The summed E-state index contributed by atoms with van der Waals surface area (Å²) in [4.78, 5) is 61.3. The predicted molar refractivity (Wildman–Crippen MR) is 281 cm³/mol. The van der Waals surface area contributed by atoms with Crippen LogP contribution in [-0.4, -0.2) is 177 Å². The molecule has 6 aliphatic heterocycles. The molecule has 6 atom stereocenters. The number of methoxy groups -OCH3 is 2. The summed E-state index contributed by atoms with van der Waals surface area (Å²) in [6.45, 7) is 16.8. The fourth-order valence-corrected chi connectivity index (χ4v) is 12.8. The van der Waals surface area contributed by atoms with Gasteiger partial charge in [0.1, 0.15) is 23.2 Å². The standard InChI is InChI=1S/C55H75N9O9S/c1-33-30-72-50(33)51(65)58-47-49(62-28-39(29-62)69-6)52-57-44(31-74-52)35-9-12-45-40(24-35)42(26-55(3,4)32-73-54(67)43-8-7-15-64(59-43)53(47)66)48(63(45)20-23-71-38-13-21-70-22-14-38)41-25-37(27-56-46(41)34(2)68-5)61-18-16-60(17-19-61)36-10-11-36/h9,12,24-25,27,31,33-34,36,38-39,43,47,49-50,59H,7-8,10-11,13-23,26,28-30,32H2,1-6H3,(H,58,65)/t33-,34-,43?,47-,49-,50-/m0/s1. The van der Waals surface area contributed by atoms with Crippen molar-refractivity contribution < 1.29 is 42.8 Å². The number of nitrogens with one attached hydrogen (secondary N) is 2. The van der Waals surface area contributed by atoms with Crippen molar-refractivity contribution in [3.05, 3.63) is 52.1 Å². The smallest absolute Gasteiger partial charge is 0.324 e. The van der Waals surface area contributed by atoms with E-state index in [0.29, 0.717) is 76.9 Å². The molecule has 1 aliphatic carbocycles. The van der Waals surface area contributed by atoms with E-state index in [1.165, 1.54) is 29.2 Å². The maximum Gasteiger partial charge on any atom is 0.324 e. The number of piperazine rings is 1. The van der Waals surface area contributed by atoms with Crippen LogP contribution in [0, 0.1) is 11.3 Å². The number of benzene rings is 1. The van der Waals surface area contributed by atoms with E-state index in [4.69, 9.17) is 38.4 Å². The number of carbonyl (C=O) groups is 3. The number of hydrazine groups is 1. The Labute approximate surface area is 438 Å². The molecular weight excluding hydrogens is 963 g/mol. The summed E-state index contributed by atoms with van der Waals surface area (Å²) >= 11 is 1.48. The van der Waals surface area contributed by atoms with Gasteiger partial charge in [-0.2, -0.15) is 0 Å². The van der Waals surface area contributed by atoms with Crippen molar-refractivity contribution in [2.45, 2.75) is 128 Å². The van der Waals surface area contributed by atoms with Gasteiger partial charge in [0.05, 0.1) is 73.1 Å². The summed E-state index contributed by atoms with van der Waals surface area (Å²) in [5.41, 5.74) is 10.5. The van der Waals surface area contributed by atoms with Gasteiger partial charge in [-0.15, -0.1) is 11.3 Å². The number of hydrogen-bond donors (Lipinski definition) is 2. The van der Waals surface area contributed by atoms with Gasteiger partial charge in [-0.3, -0.25) is 34.2 Å². The number of pyridine rings is 1. The fourth-order valence-electron chi connectivity index (χ4n) is 11.8. The van der Waals surface area contributed by atoms with Crippen LogP contribution in [0.3, 0.4) is 0 Å². The molecule has 0 spiro atoms. The molecule has 74 heavy (non-hydrogen) atoms. The molecule has 0 radical (unpaired) electrons. The van der Waals surface area contributed by atoms with Crippen LogP contribution in [0.15, 0.2) is 35.8 Å². The molecule has 4 aromatic rings. The Bertz CT molecular complexity index is 2670. The predicted octanol–water partition coefficient (Wildman–Crippen LogP) is 5.53. The summed E-state index contributed by atoms with van der Waals surface area (Å²) in [5, 5.41) is 8.45. The maximum atomic E-state index is 15.1. The van der Waals surface area contributed by atoms with E-state index in [-0.39, 0.29) is 42.7 Å². The summed E-state index contributed by atoms with van der Waals surface area (Å²) in [6, 6.07) is 7.18. The molecule has 6 fully saturated rings. The highest BCUT2D eigenvalue weighted by Gasteiger charge is 2.47. The van der Waals surface area contributed by atoms with Gasteiger partial charge in [-0.25, -0.2) is 10.4 Å².